The maximum atomic E-state index is 3.53. The van der Waals surface area contributed by atoms with Crippen molar-refractivity contribution in [1.82, 2.24) is 10.2 Å². The average molecular weight is 389 g/mol. The van der Waals surface area contributed by atoms with E-state index in [2.05, 4.69) is 83.0 Å². The Kier molecular flexibility index (Phi) is 17.2. The molecule has 0 atom stereocenters. The molecule has 0 aromatic rings. The minimum absolute atomic E-state index is 0.993. The number of nitrogens with zero attached hydrogens (tertiary/aromatic N) is 1. The molecule has 0 aromatic carbocycles. The van der Waals surface area contributed by atoms with Gasteiger partial charge < -0.3 is 10.2 Å². The van der Waals surface area contributed by atoms with Crippen LogP contribution < -0.4 is 5.32 Å². The van der Waals surface area contributed by atoms with Crippen LogP contribution in [0.5, 0.6) is 0 Å². The minimum Gasteiger partial charge on any atom is -0.312 e. The second-order valence-electron chi connectivity index (χ2n) is 8.28. The van der Waals surface area contributed by atoms with Gasteiger partial charge in [-0.2, -0.15) is 0 Å². The van der Waals surface area contributed by atoms with Gasteiger partial charge in [-0.25, -0.2) is 0 Å². The Labute approximate surface area is 176 Å². The molecular formula is C26H48N2. The molecule has 0 saturated heterocycles. The Morgan fingerprint density at radius 2 is 1.14 bits per heavy atom. The van der Waals surface area contributed by atoms with Gasteiger partial charge in [0.05, 0.1) is 0 Å². The van der Waals surface area contributed by atoms with Crippen LogP contribution in [0.1, 0.15) is 87.0 Å². The Balaban J connectivity index is 3.92. The van der Waals surface area contributed by atoms with Gasteiger partial charge in [0.2, 0.25) is 0 Å². The van der Waals surface area contributed by atoms with E-state index in [1.807, 2.05) is 0 Å². The number of likely N-dealkylation sites (N-methyl/N-ethyl adjacent to an activating group) is 1. The zero-order chi connectivity index (χ0) is 21.2. The standard InChI is InChI=1S/C26H48N2/c1-8-28(9-2)22-21-27-20-19-26(7)18-12-17-25(6)16-11-15-24(5)14-10-13-23(3)4/h13,15,17,19,27H,8-12,14,16,18,20-22H2,1-7H3/b24-15+,25-17+,26-19+. The monoisotopic (exact) mass is 388 g/mol. The summed E-state index contributed by atoms with van der Waals surface area (Å²) in [6.07, 6.45) is 16.6. The molecule has 0 radical (unpaired) electrons. The van der Waals surface area contributed by atoms with Gasteiger partial charge in [0.1, 0.15) is 0 Å². The van der Waals surface area contributed by atoms with E-state index in [1.165, 1.54) is 54.4 Å². The Hall–Kier alpha value is -1.12. The van der Waals surface area contributed by atoms with Crippen molar-refractivity contribution in [2.45, 2.75) is 87.0 Å². The molecule has 0 aromatic heterocycles. The van der Waals surface area contributed by atoms with Crippen LogP contribution in [0.25, 0.3) is 0 Å². The largest absolute Gasteiger partial charge is 0.312 e. The first-order chi connectivity index (χ1) is 13.4. The fraction of sp³-hybridized carbons (Fsp3) is 0.692. The number of rotatable bonds is 16. The first kappa shape index (κ1) is 26.9. The number of hydrogen-bond acceptors (Lipinski definition) is 2. The third-order valence-corrected chi connectivity index (χ3v) is 5.25. The van der Waals surface area contributed by atoms with E-state index >= 15 is 0 Å². The molecule has 28 heavy (non-hydrogen) atoms. The third kappa shape index (κ3) is 17.0. The van der Waals surface area contributed by atoms with E-state index in [-0.39, 0.29) is 0 Å². The zero-order valence-electron chi connectivity index (χ0n) is 20.0. The Morgan fingerprint density at radius 1 is 0.679 bits per heavy atom. The molecule has 0 heterocycles. The molecule has 0 spiro atoms. The first-order valence-electron chi connectivity index (χ1n) is 11.4. The highest BCUT2D eigenvalue weighted by Gasteiger charge is 1.97. The van der Waals surface area contributed by atoms with E-state index < -0.39 is 0 Å². The minimum atomic E-state index is 0.993. The molecule has 0 fully saturated rings. The van der Waals surface area contributed by atoms with Crippen molar-refractivity contribution in [3.05, 3.63) is 46.6 Å². The van der Waals surface area contributed by atoms with Gasteiger partial charge in [-0.15, -0.1) is 0 Å². The molecule has 0 aliphatic rings. The zero-order valence-corrected chi connectivity index (χ0v) is 20.0. The van der Waals surface area contributed by atoms with Crippen LogP contribution >= 0.6 is 0 Å². The molecular weight excluding hydrogens is 340 g/mol. The van der Waals surface area contributed by atoms with Gasteiger partial charge in [0, 0.05) is 19.6 Å². The molecule has 162 valence electrons. The molecule has 0 unspecified atom stereocenters. The normalized spacial score (nSPS) is 13.4. The van der Waals surface area contributed by atoms with Crippen molar-refractivity contribution in [3.8, 4) is 0 Å². The van der Waals surface area contributed by atoms with E-state index in [4.69, 9.17) is 0 Å². The topological polar surface area (TPSA) is 15.3 Å². The molecule has 0 rings (SSSR count). The second-order valence-corrected chi connectivity index (χ2v) is 8.28. The van der Waals surface area contributed by atoms with Crippen LogP contribution in [0.3, 0.4) is 0 Å². The lowest BCUT2D eigenvalue weighted by molar-refractivity contribution is 0.304. The van der Waals surface area contributed by atoms with Gasteiger partial charge in [-0.1, -0.05) is 60.4 Å². The summed E-state index contributed by atoms with van der Waals surface area (Å²) in [7, 11) is 0. The van der Waals surface area contributed by atoms with Crippen molar-refractivity contribution >= 4 is 0 Å². The Morgan fingerprint density at radius 3 is 1.61 bits per heavy atom. The van der Waals surface area contributed by atoms with Crippen LogP contribution in [0.15, 0.2) is 46.6 Å². The lowest BCUT2D eigenvalue weighted by Gasteiger charge is -2.17. The van der Waals surface area contributed by atoms with Crippen LogP contribution in [-0.2, 0) is 0 Å². The third-order valence-electron chi connectivity index (χ3n) is 5.25. The highest BCUT2D eigenvalue weighted by atomic mass is 15.1. The molecule has 0 amide bonds. The molecule has 2 nitrogen and oxygen atoms in total. The van der Waals surface area contributed by atoms with Crippen LogP contribution in [0.2, 0.25) is 0 Å². The molecule has 0 bridgehead atoms. The van der Waals surface area contributed by atoms with E-state index in [0.29, 0.717) is 0 Å². The van der Waals surface area contributed by atoms with Crippen LogP contribution in [-0.4, -0.2) is 37.6 Å². The fourth-order valence-corrected chi connectivity index (χ4v) is 3.11. The second kappa shape index (κ2) is 17.9. The highest BCUT2D eigenvalue weighted by Crippen LogP contribution is 2.13. The summed E-state index contributed by atoms with van der Waals surface area (Å²) in [6.45, 7) is 21.1. The van der Waals surface area contributed by atoms with Crippen molar-refractivity contribution in [2.75, 3.05) is 32.7 Å². The van der Waals surface area contributed by atoms with Crippen molar-refractivity contribution < 1.29 is 0 Å². The molecule has 2 heteroatoms. The van der Waals surface area contributed by atoms with Crippen LogP contribution in [0, 0.1) is 0 Å². The lowest BCUT2D eigenvalue weighted by Crippen LogP contribution is -2.31. The summed E-state index contributed by atoms with van der Waals surface area (Å²) in [5.74, 6) is 0. The van der Waals surface area contributed by atoms with Gasteiger partial charge >= 0.3 is 0 Å². The van der Waals surface area contributed by atoms with E-state index in [1.54, 1.807) is 0 Å². The first-order valence-corrected chi connectivity index (χ1v) is 11.4. The van der Waals surface area contributed by atoms with Gasteiger partial charge in [0.25, 0.3) is 0 Å². The summed E-state index contributed by atoms with van der Waals surface area (Å²) in [6, 6.07) is 0. The Bertz CT molecular complexity index is 501. The SMILES string of the molecule is CCN(CC)CCNC/C=C(\C)CC/C=C(\C)CC/C=C(\C)CCC=C(C)C. The highest BCUT2D eigenvalue weighted by molar-refractivity contribution is 5.07. The van der Waals surface area contributed by atoms with Crippen molar-refractivity contribution in [2.24, 2.45) is 0 Å². The van der Waals surface area contributed by atoms with Gasteiger partial charge in [-0.3, -0.25) is 0 Å². The smallest absolute Gasteiger partial charge is 0.0137 e. The molecule has 0 aliphatic heterocycles. The lowest BCUT2D eigenvalue weighted by atomic mass is 10.0. The van der Waals surface area contributed by atoms with Crippen molar-refractivity contribution in [3.63, 3.8) is 0 Å². The number of allylic oxidation sites excluding steroid dienone is 7. The number of hydrogen-bond donors (Lipinski definition) is 1. The van der Waals surface area contributed by atoms with E-state index in [0.717, 1.165) is 39.1 Å². The maximum absolute atomic E-state index is 3.53. The van der Waals surface area contributed by atoms with E-state index in [9.17, 15) is 0 Å². The maximum Gasteiger partial charge on any atom is 0.0137 e. The predicted molar refractivity (Wildman–Crippen MR) is 129 cm³/mol. The summed E-state index contributed by atoms with van der Waals surface area (Å²) < 4.78 is 0. The predicted octanol–water partition coefficient (Wildman–Crippen LogP) is 7.06. The van der Waals surface area contributed by atoms with Gasteiger partial charge in [-0.05, 0) is 86.2 Å². The quantitative estimate of drug-likeness (QED) is 0.225. The van der Waals surface area contributed by atoms with Crippen LogP contribution in [0.4, 0.5) is 0 Å². The number of nitrogens with one attached hydrogen (secondary N) is 1. The summed E-state index contributed by atoms with van der Waals surface area (Å²) >= 11 is 0. The fourth-order valence-electron chi connectivity index (χ4n) is 3.11. The summed E-state index contributed by atoms with van der Waals surface area (Å²) in [4.78, 5) is 2.46. The molecule has 0 saturated carbocycles. The van der Waals surface area contributed by atoms with Crippen molar-refractivity contribution in [1.29, 1.82) is 0 Å². The molecule has 1 N–H and O–H groups in total. The average Bonchev–Trinajstić information content (AvgIpc) is 2.64. The summed E-state index contributed by atoms with van der Waals surface area (Å²) in [5.41, 5.74) is 5.97. The summed E-state index contributed by atoms with van der Waals surface area (Å²) in [5, 5.41) is 3.53. The molecule has 0 aliphatic carbocycles. The van der Waals surface area contributed by atoms with Gasteiger partial charge in [0.15, 0.2) is 0 Å².